The molecule has 1 atom stereocenters. The van der Waals surface area contributed by atoms with Crippen molar-refractivity contribution in [3.05, 3.63) is 24.3 Å². The van der Waals surface area contributed by atoms with E-state index < -0.39 is 10.0 Å². The van der Waals surface area contributed by atoms with Crippen molar-refractivity contribution in [2.75, 3.05) is 25.2 Å². The highest BCUT2D eigenvalue weighted by Crippen LogP contribution is 2.21. The van der Waals surface area contributed by atoms with E-state index in [1.807, 2.05) is 0 Å². The normalized spacial score (nSPS) is 19.6. The second kappa shape index (κ2) is 5.90. The molecule has 1 heterocycles. The number of amides is 1. The maximum Gasteiger partial charge on any atom is 0.238 e. The number of anilines is 1. The number of rotatable bonds is 3. The molecule has 2 rings (SSSR count). The topological polar surface area (TPSA) is 89.7 Å². The summed E-state index contributed by atoms with van der Waals surface area (Å²) in [6.07, 6.45) is 1.70. The minimum absolute atomic E-state index is 0.0203. The lowest BCUT2D eigenvalue weighted by Crippen LogP contribution is -2.37. The summed E-state index contributed by atoms with van der Waals surface area (Å²) >= 11 is 0. The standard InChI is InChI=1S/C13H18N2O4S/c1-15(13(16)10-3-2-8-19-9-10)11-4-6-12(7-5-11)20(14,17)18/h4-7,10H,2-3,8-9H2,1H3,(H2,14,17,18). The van der Waals surface area contributed by atoms with Crippen LogP contribution in [0.25, 0.3) is 0 Å². The molecule has 1 unspecified atom stereocenters. The average molecular weight is 298 g/mol. The van der Waals surface area contributed by atoms with Crippen LogP contribution in [0, 0.1) is 5.92 Å². The first-order valence-corrected chi connectivity index (χ1v) is 7.92. The van der Waals surface area contributed by atoms with Crippen molar-refractivity contribution in [2.24, 2.45) is 11.1 Å². The van der Waals surface area contributed by atoms with Crippen molar-refractivity contribution in [1.29, 1.82) is 0 Å². The van der Waals surface area contributed by atoms with Gasteiger partial charge in [-0.25, -0.2) is 13.6 Å². The number of hydrogen-bond donors (Lipinski definition) is 1. The van der Waals surface area contributed by atoms with Gasteiger partial charge < -0.3 is 9.64 Å². The Kier molecular flexibility index (Phi) is 4.42. The zero-order chi connectivity index (χ0) is 14.8. The Hall–Kier alpha value is -1.44. The fourth-order valence-electron chi connectivity index (χ4n) is 2.20. The average Bonchev–Trinajstić information content (AvgIpc) is 2.46. The molecule has 20 heavy (non-hydrogen) atoms. The molecule has 0 bridgehead atoms. The number of hydrogen-bond acceptors (Lipinski definition) is 4. The first-order valence-electron chi connectivity index (χ1n) is 6.38. The van der Waals surface area contributed by atoms with Gasteiger partial charge in [0.1, 0.15) is 0 Å². The molecule has 0 saturated carbocycles. The molecule has 1 aliphatic rings. The second-order valence-electron chi connectivity index (χ2n) is 4.85. The smallest absolute Gasteiger partial charge is 0.238 e. The van der Waals surface area contributed by atoms with E-state index in [1.54, 1.807) is 19.2 Å². The number of nitrogens with two attached hydrogens (primary N) is 1. The minimum atomic E-state index is -3.71. The molecule has 1 aromatic carbocycles. The van der Waals surface area contributed by atoms with Gasteiger partial charge in [0.05, 0.1) is 17.4 Å². The van der Waals surface area contributed by atoms with Crippen LogP contribution >= 0.6 is 0 Å². The first kappa shape index (κ1) is 15.0. The molecule has 1 saturated heterocycles. The molecule has 110 valence electrons. The van der Waals surface area contributed by atoms with Gasteiger partial charge in [-0.15, -0.1) is 0 Å². The third-order valence-electron chi connectivity index (χ3n) is 3.39. The van der Waals surface area contributed by atoms with Crippen molar-refractivity contribution in [2.45, 2.75) is 17.7 Å². The van der Waals surface area contributed by atoms with Gasteiger partial charge >= 0.3 is 0 Å². The highest BCUT2D eigenvalue weighted by atomic mass is 32.2. The van der Waals surface area contributed by atoms with E-state index in [0.29, 0.717) is 18.9 Å². The number of benzene rings is 1. The van der Waals surface area contributed by atoms with Crippen LogP contribution in [0.1, 0.15) is 12.8 Å². The summed E-state index contributed by atoms with van der Waals surface area (Å²) in [5.74, 6) is -0.153. The molecular formula is C13H18N2O4S. The zero-order valence-corrected chi connectivity index (χ0v) is 12.1. The number of primary sulfonamides is 1. The third-order valence-corrected chi connectivity index (χ3v) is 4.32. The van der Waals surface area contributed by atoms with Crippen molar-refractivity contribution >= 4 is 21.6 Å². The lowest BCUT2D eigenvalue weighted by Gasteiger charge is -2.26. The Labute approximate surface area is 118 Å². The quantitative estimate of drug-likeness (QED) is 0.890. The summed E-state index contributed by atoms with van der Waals surface area (Å²) < 4.78 is 27.7. The Morgan fingerprint density at radius 1 is 1.35 bits per heavy atom. The predicted octanol–water partition coefficient (Wildman–Crippen LogP) is 0.723. The van der Waals surface area contributed by atoms with Gasteiger partial charge in [0, 0.05) is 19.3 Å². The van der Waals surface area contributed by atoms with E-state index in [4.69, 9.17) is 9.88 Å². The molecule has 1 aliphatic heterocycles. The molecule has 0 aliphatic carbocycles. The molecule has 0 aromatic heterocycles. The number of carbonyl (C=O) groups excluding carboxylic acids is 1. The summed E-state index contributed by atoms with van der Waals surface area (Å²) in [6.45, 7) is 1.15. The van der Waals surface area contributed by atoms with Gasteiger partial charge in [-0.2, -0.15) is 0 Å². The van der Waals surface area contributed by atoms with Crippen molar-refractivity contribution in [3.63, 3.8) is 0 Å². The van der Waals surface area contributed by atoms with Gasteiger partial charge in [-0.3, -0.25) is 4.79 Å². The van der Waals surface area contributed by atoms with Gasteiger partial charge in [0.25, 0.3) is 0 Å². The van der Waals surface area contributed by atoms with Crippen molar-refractivity contribution < 1.29 is 17.9 Å². The van der Waals surface area contributed by atoms with E-state index in [2.05, 4.69) is 0 Å². The molecule has 1 aromatic rings. The lowest BCUT2D eigenvalue weighted by atomic mass is 10.0. The summed E-state index contributed by atoms with van der Waals surface area (Å²) in [5.41, 5.74) is 0.632. The SMILES string of the molecule is CN(C(=O)C1CCCOC1)c1ccc(S(N)(=O)=O)cc1. The molecule has 1 amide bonds. The summed E-state index contributed by atoms with van der Waals surface area (Å²) in [6, 6.07) is 5.93. The van der Waals surface area contributed by atoms with Crippen LogP contribution in [-0.4, -0.2) is 34.6 Å². The highest BCUT2D eigenvalue weighted by Gasteiger charge is 2.25. The van der Waals surface area contributed by atoms with Crippen LogP contribution in [0.15, 0.2) is 29.2 Å². The summed E-state index contributed by atoms with van der Waals surface area (Å²) in [5, 5.41) is 5.03. The van der Waals surface area contributed by atoms with E-state index in [1.165, 1.54) is 17.0 Å². The zero-order valence-electron chi connectivity index (χ0n) is 11.3. The molecule has 2 N–H and O–H groups in total. The van der Waals surface area contributed by atoms with Gasteiger partial charge in [0.2, 0.25) is 15.9 Å². The Morgan fingerprint density at radius 2 is 2.00 bits per heavy atom. The van der Waals surface area contributed by atoms with Crippen LogP contribution in [-0.2, 0) is 19.6 Å². The molecule has 6 nitrogen and oxygen atoms in total. The van der Waals surface area contributed by atoms with E-state index in [9.17, 15) is 13.2 Å². The summed E-state index contributed by atoms with van der Waals surface area (Å²) in [7, 11) is -2.04. The number of nitrogens with zero attached hydrogens (tertiary/aromatic N) is 1. The van der Waals surface area contributed by atoms with Gasteiger partial charge in [0.15, 0.2) is 0 Å². The van der Waals surface area contributed by atoms with E-state index >= 15 is 0 Å². The molecular weight excluding hydrogens is 280 g/mol. The van der Waals surface area contributed by atoms with Gasteiger partial charge in [-0.05, 0) is 37.1 Å². The van der Waals surface area contributed by atoms with E-state index in [0.717, 1.165) is 12.8 Å². The minimum Gasteiger partial charge on any atom is -0.381 e. The largest absolute Gasteiger partial charge is 0.381 e. The Balaban J connectivity index is 2.12. The monoisotopic (exact) mass is 298 g/mol. The molecule has 7 heteroatoms. The predicted molar refractivity (Wildman–Crippen MR) is 74.8 cm³/mol. The lowest BCUT2D eigenvalue weighted by molar-refractivity contribution is -0.125. The van der Waals surface area contributed by atoms with Gasteiger partial charge in [-0.1, -0.05) is 0 Å². The maximum atomic E-state index is 12.3. The van der Waals surface area contributed by atoms with Crippen molar-refractivity contribution in [1.82, 2.24) is 0 Å². The first-order chi connectivity index (χ1) is 9.39. The second-order valence-corrected chi connectivity index (χ2v) is 6.41. The highest BCUT2D eigenvalue weighted by molar-refractivity contribution is 7.89. The molecule has 0 spiro atoms. The number of sulfonamides is 1. The number of carbonyl (C=O) groups is 1. The van der Waals surface area contributed by atoms with Crippen LogP contribution in [0.4, 0.5) is 5.69 Å². The van der Waals surface area contributed by atoms with Crippen LogP contribution in [0.5, 0.6) is 0 Å². The fraction of sp³-hybridized carbons (Fsp3) is 0.462. The summed E-state index contributed by atoms with van der Waals surface area (Å²) in [4.78, 5) is 13.8. The number of ether oxygens (including phenoxy) is 1. The maximum absolute atomic E-state index is 12.3. The van der Waals surface area contributed by atoms with E-state index in [-0.39, 0.29) is 16.7 Å². The van der Waals surface area contributed by atoms with Crippen LogP contribution in [0.3, 0.4) is 0 Å². The molecule has 0 radical (unpaired) electrons. The molecule has 1 fully saturated rings. The van der Waals surface area contributed by atoms with Crippen molar-refractivity contribution in [3.8, 4) is 0 Å². The van der Waals surface area contributed by atoms with Crippen LogP contribution in [0.2, 0.25) is 0 Å². The Bertz CT molecular complexity index is 577. The fourth-order valence-corrected chi connectivity index (χ4v) is 2.71. The Morgan fingerprint density at radius 3 is 2.50 bits per heavy atom. The third kappa shape index (κ3) is 3.36. The van der Waals surface area contributed by atoms with Crippen LogP contribution < -0.4 is 10.0 Å².